The highest BCUT2D eigenvalue weighted by Gasteiger charge is 2.24. The average molecular weight is 198 g/mol. The minimum atomic E-state index is -0.0348. The number of carbonyl (C=O) groups is 1. The average Bonchev–Trinajstić information content (AvgIpc) is 3.00. The second-order valence-electron chi connectivity index (χ2n) is 4.24. The van der Waals surface area contributed by atoms with Gasteiger partial charge in [0, 0.05) is 6.42 Å². The second-order valence-corrected chi connectivity index (χ2v) is 4.24. The van der Waals surface area contributed by atoms with Gasteiger partial charge in [-0.15, -0.1) is 0 Å². The van der Waals surface area contributed by atoms with Gasteiger partial charge in [-0.1, -0.05) is 6.42 Å². The van der Waals surface area contributed by atoms with Crippen molar-refractivity contribution in [1.29, 1.82) is 0 Å². The van der Waals surface area contributed by atoms with Crippen LogP contribution in [0.3, 0.4) is 0 Å². The summed E-state index contributed by atoms with van der Waals surface area (Å²) in [5.41, 5.74) is 0. The third-order valence-electron chi connectivity index (χ3n) is 2.92. The molecule has 0 radical (unpaired) electrons. The van der Waals surface area contributed by atoms with Crippen LogP contribution in [0.15, 0.2) is 0 Å². The lowest BCUT2D eigenvalue weighted by Gasteiger charge is -2.21. The van der Waals surface area contributed by atoms with E-state index in [1.54, 1.807) is 0 Å². The smallest absolute Gasteiger partial charge is 0.306 e. The first-order valence-corrected chi connectivity index (χ1v) is 5.65. The molecule has 1 saturated heterocycles. The molecule has 1 heterocycles. The van der Waals surface area contributed by atoms with Gasteiger partial charge in [-0.2, -0.15) is 0 Å². The summed E-state index contributed by atoms with van der Waals surface area (Å²) in [6.45, 7) is 0.830. The molecule has 0 aromatic rings. The zero-order chi connectivity index (χ0) is 9.80. The van der Waals surface area contributed by atoms with Crippen LogP contribution in [0.4, 0.5) is 0 Å². The number of esters is 1. The molecule has 3 heteroatoms. The number of epoxide rings is 1. The van der Waals surface area contributed by atoms with Crippen molar-refractivity contribution < 1.29 is 14.3 Å². The molecule has 0 aromatic heterocycles. The molecule has 1 atom stereocenters. The number of hydrogen-bond donors (Lipinski definition) is 0. The molecule has 14 heavy (non-hydrogen) atoms. The van der Waals surface area contributed by atoms with E-state index in [-0.39, 0.29) is 12.1 Å². The van der Waals surface area contributed by atoms with Crippen LogP contribution in [0.25, 0.3) is 0 Å². The monoisotopic (exact) mass is 198 g/mol. The molecule has 3 nitrogen and oxygen atoms in total. The molecule has 0 unspecified atom stereocenters. The van der Waals surface area contributed by atoms with Crippen molar-refractivity contribution in [3.8, 4) is 0 Å². The first-order valence-electron chi connectivity index (χ1n) is 5.65. The number of ether oxygens (including phenoxy) is 2. The maximum atomic E-state index is 11.4. The minimum Gasteiger partial charge on any atom is -0.462 e. The summed E-state index contributed by atoms with van der Waals surface area (Å²) in [7, 11) is 0. The van der Waals surface area contributed by atoms with Crippen LogP contribution in [0, 0.1) is 0 Å². The van der Waals surface area contributed by atoms with Crippen molar-refractivity contribution >= 4 is 5.97 Å². The molecule has 1 aliphatic carbocycles. The molecule has 0 spiro atoms. The lowest BCUT2D eigenvalue weighted by Crippen LogP contribution is -2.20. The zero-order valence-corrected chi connectivity index (χ0v) is 8.54. The highest BCUT2D eigenvalue weighted by molar-refractivity contribution is 5.69. The maximum absolute atomic E-state index is 11.4. The molecule has 0 aromatic carbocycles. The van der Waals surface area contributed by atoms with Gasteiger partial charge in [-0.05, 0) is 32.1 Å². The van der Waals surface area contributed by atoms with E-state index in [0.717, 1.165) is 25.9 Å². The van der Waals surface area contributed by atoms with E-state index in [4.69, 9.17) is 9.47 Å². The highest BCUT2D eigenvalue weighted by atomic mass is 16.6. The Hall–Kier alpha value is -0.570. The van der Waals surface area contributed by atoms with E-state index in [0.29, 0.717) is 12.5 Å². The molecule has 0 bridgehead atoms. The third kappa shape index (κ3) is 3.29. The molecule has 2 aliphatic rings. The predicted octanol–water partition coefficient (Wildman–Crippen LogP) is 2.04. The molecule has 1 saturated carbocycles. The first kappa shape index (κ1) is 9.97. The Morgan fingerprint density at radius 2 is 2.00 bits per heavy atom. The van der Waals surface area contributed by atoms with Gasteiger partial charge < -0.3 is 9.47 Å². The Morgan fingerprint density at radius 1 is 1.29 bits per heavy atom. The summed E-state index contributed by atoms with van der Waals surface area (Å²) >= 11 is 0. The molecule has 0 amide bonds. The van der Waals surface area contributed by atoms with Crippen LogP contribution >= 0.6 is 0 Å². The zero-order valence-electron chi connectivity index (χ0n) is 8.54. The summed E-state index contributed by atoms with van der Waals surface area (Å²) in [6, 6.07) is 0. The molecule has 80 valence electrons. The molecule has 0 N–H and O–H groups in total. The van der Waals surface area contributed by atoms with Crippen molar-refractivity contribution in [1.82, 2.24) is 0 Å². The number of rotatable bonds is 4. The SMILES string of the molecule is O=C(CC[C@@H]1CO1)OC1CCCCC1. The molecule has 2 rings (SSSR count). The van der Waals surface area contributed by atoms with Gasteiger partial charge in [0.15, 0.2) is 0 Å². The highest BCUT2D eigenvalue weighted by Crippen LogP contribution is 2.21. The van der Waals surface area contributed by atoms with Crippen LogP contribution in [0.2, 0.25) is 0 Å². The van der Waals surface area contributed by atoms with E-state index >= 15 is 0 Å². The quantitative estimate of drug-likeness (QED) is 0.512. The van der Waals surface area contributed by atoms with Gasteiger partial charge in [-0.3, -0.25) is 4.79 Å². The van der Waals surface area contributed by atoms with E-state index in [1.165, 1.54) is 19.3 Å². The Morgan fingerprint density at radius 3 is 2.64 bits per heavy atom. The van der Waals surface area contributed by atoms with Crippen LogP contribution < -0.4 is 0 Å². The second kappa shape index (κ2) is 4.78. The van der Waals surface area contributed by atoms with E-state index in [2.05, 4.69) is 0 Å². The van der Waals surface area contributed by atoms with Gasteiger partial charge in [0.25, 0.3) is 0 Å². The van der Waals surface area contributed by atoms with Crippen molar-refractivity contribution in [2.75, 3.05) is 6.61 Å². The van der Waals surface area contributed by atoms with Crippen molar-refractivity contribution in [3.63, 3.8) is 0 Å². The standard InChI is InChI=1S/C11H18O3/c12-11(7-6-10-8-13-10)14-9-4-2-1-3-5-9/h9-10H,1-8H2/t10-/m1/s1. The van der Waals surface area contributed by atoms with Crippen molar-refractivity contribution in [3.05, 3.63) is 0 Å². The summed E-state index contributed by atoms with van der Waals surface area (Å²) in [5.74, 6) is -0.0348. The largest absolute Gasteiger partial charge is 0.462 e. The summed E-state index contributed by atoms with van der Waals surface area (Å²) < 4.78 is 10.4. The summed E-state index contributed by atoms with van der Waals surface area (Å²) in [6.07, 6.45) is 7.76. The fourth-order valence-corrected chi connectivity index (χ4v) is 1.94. The lowest BCUT2D eigenvalue weighted by atomic mass is 9.98. The van der Waals surface area contributed by atoms with E-state index in [9.17, 15) is 4.79 Å². The van der Waals surface area contributed by atoms with Crippen LogP contribution in [-0.2, 0) is 14.3 Å². The Labute approximate surface area is 84.8 Å². The van der Waals surface area contributed by atoms with Crippen molar-refractivity contribution in [2.45, 2.75) is 57.2 Å². The minimum absolute atomic E-state index is 0.0348. The van der Waals surface area contributed by atoms with Crippen LogP contribution in [-0.4, -0.2) is 24.8 Å². The maximum Gasteiger partial charge on any atom is 0.306 e. The fraction of sp³-hybridized carbons (Fsp3) is 0.909. The van der Waals surface area contributed by atoms with Gasteiger partial charge in [0.1, 0.15) is 6.10 Å². The normalized spacial score (nSPS) is 27.3. The van der Waals surface area contributed by atoms with Gasteiger partial charge >= 0.3 is 5.97 Å². The third-order valence-corrected chi connectivity index (χ3v) is 2.92. The Balaban J connectivity index is 1.59. The molecule has 1 aliphatic heterocycles. The Bertz CT molecular complexity index is 193. The fourth-order valence-electron chi connectivity index (χ4n) is 1.94. The molecular formula is C11H18O3. The van der Waals surface area contributed by atoms with Crippen molar-refractivity contribution in [2.24, 2.45) is 0 Å². The van der Waals surface area contributed by atoms with Gasteiger partial charge in [-0.25, -0.2) is 0 Å². The number of carbonyl (C=O) groups excluding carboxylic acids is 1. The van der Waals surface area contributed by atoms with Gasteiger partial charge in [0.2, 0.25) is 0 Å². The van der Waals surface area contributed by atoms with Gasteiger partial charge in [0.05, 0.1) is 12.7 Å². The van der Waals surface area contributed by atoms with E-state index < -0.39 is 0 Å². The summed E-state index contributed by atoms with van der Waals surface area (Å²) in [5, 5.41) is 0. The molecule has 2 fully saturated rings. The Kier molecular flexibility index (Phi) is 3.40. The topological polar surface area (TPSA) is 38.8 Å². The lowest BCUT2D eigenvalue weighted by molar-refractivity contribution is -0.150. The van der Waals surface area contributed by atoms with Crippen LogP contribution in [0.5, 0.6) is 0 Å². The van der Waals surface area contributed by atoms with E-state index in [1.807, 2.05) is 0 Å². The number of hydrogen-bond acceptors (Lipinski definition) is 3. The van der Waals surface area contributed by atoms with Crippen LogP contribution in [0.1, 0.15) is 44.9 Å². The predicted molar refractivity (Wildman–Crippen MR) is 51.9 cm³/mol. The summed E-state index contributed by atoms with van der Waals surface area (Å²) in [4.78, 5) is 11.4. The first-order chi connectivity index (χ1) is 6.84. The molecular weight excluding hydrogens is 180 g/mol.